The first-order chi connectivity index (χ1) is 13.5. The lowest BCUT2D eigenvalue weighted by molar-refractivity contribution is -0.116. The number of benzene rings is 1. The molecule has 1 fully saturated rings. The van der Waals surface area contributed by atoms with E-state index in [1.165, 1.54) is 0 Å². The second kappa shape index (κ2) is 11.9. The van der Waals surface area contributed by atoms with Gasteiger partial charge >= 0.3 is 0 Å². The van der Waals surface area contributed by atoms with Gasteiger partial charge in [-0.3, -0.25) is 14.7 Å². The van der Waals surface area contributed by atoms with Crippen LogP contribution in [0.25, 0.3) is 0 Å². The van der Waals surface area contributed by atoms with Gasteiger partial charge in [0.05, 0.1) is 19.8 Å². The van der Waals surface area contributed by atoms with E-state index in [-0.39, 0.29) is 5.91 Å². The number of nitrogens with zero attached hydrogens (tertiary/aromatic N) is 2. The third-order valence-electron chi connectivity index (χ3n) is 4.71. The minimum atomic E-state index is -0.0598. The molecular formula is C20H32ClN5O2. The molecule has 1 atom stereocenters. The number of hydrogen-bond donors (Lipinski definition) is 3. The normalized spacial score (nSPS) is 16.5. The largest absolute Gasteiger partial charge is 0.379 e. The Labute approximate surface area is 172 Å². The molecule has 1 aliphatic heterocycles. The Morgan fingerprint density at radius 2 is 2.07 bits per heavy atom. The van der Waals surface area contributed by atoms with Crippen molar-refractivity contribution >= 4 is 29.2 Å². The predicted molar refractivity (Wildman–Crippen MR) is 115 cm³/mol. The van der Waals surface area contributed by atoms with Gasteiger partial charge < -0.3 is 20.7 Å². The number of rotatable bonds is 8. The Morgan fingerprint density at radius 1 is 1.32 bits per heavy atom. The Hall–Kier alpha value is -1.83. The summed E-state index contributed by atoms with van der Waals surface area (Å²) in [6.45, 7) is 11.5. The summed E-state index contributed by atoms with van der Waals surface area (Å²) < 4.78 is 5.40. The van der Waals surface area contributed by atoms with Crippen LogP contribution in [-0.4, -0.2) is 68.7 Å². The first kappa shape index (κ1) is 22.5. The van der Waals surface area contributed by atoms with E-state index in [9.17, 15) is 4.79 Å². The van der Waals surface area contributed by atoms with Gasteiger partial charge in [0.1, 0.15) is 0 Å². The van der Waals surface area contributed by atoms with Gasteiger partial charge in [0.15, 0.2) is 5.96 Å². The van der Waals surface area contributed by atoms with E-state index in [4.69, 9.17) is 16.3 Å². The van der Waals surface area contributed by atoms with Crippen molar-refractivity contribution in [2.24, 2.45) is 4.99 Å². The van der Waals surface area contributed by atoms with Crippen LogP contribution in [-0.2, 0) is 9.53 Å². The molecule has 0 saturated carbocycles. The van der Waals surface area contributed by atoms with E-state index in [1.807, 2.05) is 32.0 Å². The lowest BCUT2D eigenvalue weighted by Gasteiger charge is -2.31. The standard InChI is InChI=1S/C20H32ClN5O2/c1-4-22-20(24-14-15(2)26-10-12-28-13-11-26)23-9-8-19(27)25-18-7-5-6-17(21)16(18)3/h5-7,15H,4,8-14H2,1-3H3,(H,25,27)(H2,22,23,24). The number of morpholine rings is 1. The average molecular weight is 410 g/mol. The van der Waals surface area contributed by atoms with E-state index < -0.39 is 0 Å². The van der Waals surface area contributed by atoms with Crippen LogP contribution in [0.1, 0.15) is 25.8 Å². The number of hydrogen-bond acceptors (Lipinski definition) is 4. The van der Waals surface area contributed by atoms with Gasteiger partial charge in [0.25, 0.3) is 0 Å². The number of ether oxygens (including phenoxy) is 1. The fraction of sp³-hybridized carbons (Fsp3) is 0.600. The quantitative estimate of drug-likeness (QED) is 0.453. The average Bonchev–Trinajstić information content (AvgIpc) is 2.70. The summed E-state index contributed by atoms with van der Waals surface area (Å²) in [4.78, 5) is 19.3. The van der Waals surface area contributed by atoms with Gasteiger partial charge in [-0.1, -0.05) is 17.7 Å². The lowest BCUT2D eigenvalue weighted by atomic mass is 10.2. The molecule has 2 rings (SSSR count). The molecule has 1 amide bonds. The maximum absolute atomic E-state index is 12.2. The number of carbonyl (C=O) groups is 1. The van der Waals surface area contributed by atoms with Crippen molar-refractivity contribution < 1.29 is 9.53 Å². The minimum Gasteiger partial charge on any atom is -0.379 e. The first-order valence-electron chi connectivity index (χ1n) is 9.90. The van der Waals surface area contributed by atoms with Crippen LogP contribution in [0.5, 0.6) is 0 Å². The molecule has 7 nitrogen and oxygen atoms in total. The zero-order valence-electron chi connectivity index (χ0n) is 17.1. The summed E-state index contributed by atoms with van der Waals surface area (Å²) in [5.74, 6) is 0.671. The Bertz CT molecular complexity index is 662. The number of aliphatic imine (C=N–C) groups is 1. The maximum atomic E-state index is 12.2. The summed E-state index contributed by atoms with van der Waals surface area (Å²) >= 11 is 6.10. The Morgan fingerprint density at radius 3 is 2.79 bits per heavy atom. The third-order valence-corrected chi connectivity index (χ3v) is 5.12. The highest BCUT2D eigenvalue weighted by atomic mass is 35.5. The van der Waals surface area contributed by atoms with Crippen LogP contribution in [0.4, 0.5) is 5.69 Å². The number of nitrogens with one attached hydrogen (secondary N) is 3. The molecule has 3 N–H and O–H groups in total. The van der Waals surface area contributed by atoms with Crippen LogP contribution in [0, 0.1) is 6.92 Å². The van der Waals surface area contributed by atoms with E-state index in [2.05, 4.69) is 32.8 Å². The predicted octanol–water partition coefficient (Wildman–Crippen LogP) is 2.25. The number of halogens is 1. The van der Waals surface area contributed by atoms with Crippen LogP contribution < -0.4 is 16.0 Å². The highest BCUT2D eigenvalue weighted by Gasteiger charge is 2.16. The number of anilines is 1. The van der Waals surface area contributed by atoms with E-state index >= 15 is 0 Å². The molecule has 1 aliphatic rings. The van der Waals surface area contributed by atoms with Crippen molar-refractivity contribution in [3.8, 4) is 0 Å². The molecule has 0 aromatic heterocycles. The van der Waals surface area contributed by atoms with Gasteiger partial charge in [-0.05, 0) is 38.5 Å². The zero-order chi connectivity index (χ0) is 20.4. The molecule has 156 valence electrons. The Kier molecular flexibility index (Phi) is 9.54. The maximum Gasteiger partial charge on any atom is 0.226 e. The van der Waals surface area contributed by atoms with Gasteiger partial charge in [-0.2, -0.15) is 0 Å². The van der Waals surface area contributed by atoms with Crippen molar-refractivity contribution in [2.75, 3.05) is 51.3 Å². The zero-order valence-corrected chi connectivity index (χ0v) is 17.8. The van der Waals surface area contributed by atoms with Crippen molar-refractivity contribution in [3.05, 3.63) is 28.8 Å². The molecule has 1 heterocycles. The molecule has 0 aliphatic carbocycles. The second-order valence-electron chi connectivity index (χ2n) is 6.85. The fourth-order valence-electron chi connectivity index (χ4n) is 2.95. The first-order valence-corrected chi connectivity index (χ1v) is 10.3. The number of amides is 1. The van der Waals surface area contributed by atoms with Gasteiger partial charge in [0.2, 0.25) is 5.91 Å². The van der Waals surface area contributed by atoms with Crippen LogP contribution in [0.15, 0.2) is 23.2 Å². The smallest absolute Gasteiger partial charge is 0.226 e. The molecule has 1 saturated heterocycles. The highest BCUT2D eigenvalue weighted by Crippen LogP contribution is 2.22. The summed E-state index contributed by atoms with van der Waals surface area (Å²) in [7, 11) is 0. The van der Waals surface area contributed by atoms with E-state index in [1.54, 1.807) is 0 Å². The van der Waals surface area contributed by atoms with E-state index in [0.29, 0.717) is 30.6 Å². The second-order valence-corrected chi connectivity index (χ2v) is 7.26. The van der Waals surface area contributed by atoms with Gasteiger partial charge in [0, 0.05) is 49.4 Å². The summed E-state index contributed by atoms with van der Waals surface area (Å²) in [5, 5.41) is 10.0. The van der Waals surface area contributed by atoms with Crippen LogP contribution in [0.2, 0.25) is 5.02 Å². The molecule has 0 radical (unpaired) electrons. The SMILES string of the molecule is CCNC(=NCC(C)N1CCOCC1)NCCC(=O)Nc1cccc(Cl)c1C. The van der Waals surface area contributed by atoms with E-state index in [0.717, 1.165) is 50.1 Å². The van der Waals surface area contributed by atoms with Crippen molar-refractivity contribution in [1.82, 2.24) is 15.5 Å². The summed E-state index contributed by atoms with van der Waals surface area (Å²) in [6.07, 6.45) is 0.343. The summed E-state index contributed by atoms with van der Waals surface area (Å²) in [6, 6.07) is 5.85. The Balaban J connectivity index is 1.78. The minimum absolute atomic E-state index is 0.0598. The lowest BCUT2D eigenvalue weighted by Crippen LogP contribution is -2.44. The monoisotopic (exact) mass is 409 g/mol. The van der Waals surface area contributed by atoms with Crippen LogP contribution >= 0.6 is 11.6 Å². The van der Waals surface area contributed by atoms with Gasteiger partial charge in [-0.25, -0.2) is 0 Å². The molecule has 1 aromatic carbocycles. The number of carbonyl (C=O) groups excluding carboxylic acids is 1. The fourth-order valence-corrected chi connectivity index (χ4v) is 3.12. The third kappa shape index (κ3) is 7.30. The molecule has 28 heavy (non-hydrogen) atoms. The van der Waals surface area contributed by atoms with Crippen LogP contribution in [0.3, 0.4) is 0 Å². The van der Waals surface area contributed by atoms with Crippen molar-refractivity contribution in [2.45, 2.75) is 33.2 Å². The highest BCUT2D eigenvalue weighted by molar-refractivity contribution is 6.31. The molecule has 0 spiro atoms. The molecule has 8 heteroatoms. The molecule has 0 bridgehead atoms. The van der Waals surface area contributed by atoms with Crippen molar-refractivity contribution in [3.63, 3.8) is 0 Å². The molecular weight excluding hydrogens is 378 g/mol. The summed E-state index contributed by atoms with van der Waals surface area (Å²) in [5.41, 5.74) is 1.62. The van der Waals surface area contributed by atoms with Crippen molar-refractivity contribution in [1.29, 1.82) is 0 Å². The number of guanidine groups is 1. The van der Waals surface area contributed by atoms with Gasteiger partial charge in [-0.15, -0.1) is 0 Å². The topological polar surface area (TPSA) is 78.0 Å². The molecule has 1 unspecified atom stereocenters. The molecule has 1 aromatic rings.